The number of allylic oxidation sites excluding steroid dienone is 2. The summed E-state index contributed by atoms with van der Waals surface area (Å²) in [6.07, 6.45) is 1.55. The van der Waals surface area contributed by atoms with Crippen LogP contribution < -0.4 is 0 Å². The molecule has 0 aromatic rings. The lowest BCUT2D eigenvalue weighted by atomic mass is 9.94. The third-order valence-corrected chi connectivity index (χ3v) is 5.61. The van der Waals surface area contributed by atoms with E-state index in [1.54, 1.807) is 0 Å². The van der Waals surface area contributed by atoms with Crippen LogP contribution in [-0.4, -0.2) is 67.1 Å². The normalized spacial score (nSPS) is 18.7. The van der Waals surface area contributed by atoms with E-state index in [4.69, 9.17) is 5.11 Å². The molecule has 6 atom stereocenters. The summed E-state index contributed by atoms with van der Waals surface area (Å²) in [5.74, 6) is -0.199. The number of rotatable bonds is 17. The van der Waals surface area contributed by atoms with Crippen LogP contribution in [-0.2, 0) is 4.79 Å². The molecule has 2 unspecified atom stereocenters. The first kappa shape index (κ1) is 29.0. The van der Waals surface area contributed by atoms with Crippen LogP contribution in [0.15, 0.2) is 11.6 Å². The molecule has 0 aromatic carbocycles. The van der Waals surface area contributed by atoms with E-state index in [1.165, 1.54) is 31.3 Å². The monoisotopic (exact) mass is 432 g/mol. The first-order valence-electron chi connectivity index (χ1n) is 11.3. The summed E-state index contributed by atoms with van der Waals surface area (Å²) >= 11 is 0. The number of carboxylic acid groups (broad SMARTS) is 1. The summed E-state index contributed by atoms with van der Waals surface area (Å²) in [4.78, 5) is 10.6. The molecular formula is C23H44O7. The minimum absolute atomic E-state index is 0.185. The molecule has 0 fully saturated rings. The Hall–Kier alpha value is -0.990. The van der Waals surface area contributed by atoms with Gasteiger partial charge in [-0.1, -0.05) is 58.1 Å². The summed E-state index contributed by atoms with van der Waals surface area (Å²) in [5, 5.41) is 57.0. The van der Waals surface area contributed by atoms with Crippen LogP contribution in [0.25, 0.3) is 0 Å². The maximum Gasteiger partial charge on any atom is 0.335 e. The molecule has 0 saturated carbocycles. The average molecular weight is 433 g/mol. The Labute approximate surface area is 181 Å². The Bertz CT molecular complexity index is 492. The van der Waals surface area contributed by atoms with E-state index in [0.29, 0.717) is 6.42 Å². The summed E-state index contributed by atoms with van der Waals surface area (Å²) in [6, 6.07) is 0. The number of carbonyl (C=O) groups is 1. The van der Waals surface area contributed by atoms with Gasteiger partial charge in [-0.05, 0) is 50.9 Å². The molecule has 178 valence electrons. The Kier molecular flexibility index (Phi) is 15.2. The molecule has 0 saturated heterocycles. The van der Waals surface area contributed by atoms with E-state index in [2.05, 4.69) is 33.8 Å². The Morgan fingerprint density at radius 1 is 0.800 bits per heavy atom. The lowest BCUT2D eigenvalue weighted by molar-refractivity contribution is -0.168. The van der Waals surface area contributed by atoms with Crippen molar-refractivity contribution in [3.63, 3.8) is 0 Å². The second-order valence-corrected chi connectivity index (χ2v) is 9.13. The molecule has 0 aliphatic rings. The number of carboxylic acids is 1. The van der Waals surface area contributed by atoms with Crippen molar-refractivity contribution >= 4 is 5.97 Å². The van der Waals surface area contributed by atoms with Gasteiger partial charge in [0.1, 0.15) is 18.3 Å². The maximum absolute atomic E-state index is 10.6. The number of hydrogen-bond acceptors (Lipinski definition) is 6. The van der Waals surface area contributed by atoms with Crippen molar-refractivity contribution in [2.24, 2.45) is 11.8 Å². The first-order chi connectivity index (χ1) is 14.0. The van der Waals surface area contributed by atoms with Gasteiger partial charge in [0.15, 0.2) is 6.10 Å². The van der Waals surface area contributed by atoms with Gasteiger partial charge in [0.2, 0.25) is 0 Å². The molecule has 0 aliphatic carbocycles. The zero-order valence-corrected chi connectivity index (χ0v) is 19.1. The Balaban J connectivity index is 4.09. The molecule has 7 heteroatoms. The van der Waals surface area contributed by atoms with Crippen LogP contribution in [0.4, 0.5) is 0 Å². The van der Waals surface area contributed by atoms with E-state index in [0.717, 1.165) is 31.1 Å². The third kappa shape index (κ3) is 12.6. The van der Waals surface area contributed by atoms with Crippen molar-refractivity contribution in [2.45, 2.75) is 116 Å². The Morgan fingerprint density at radius 3 is 1.97 bits per heavy atom. The summed E-state index contributed by atoms with van der Waals surface area (Å²) in [7, 11) is 0. The fourth-order valence-corrected chi connectivity index (χ4v) is 3.46. The zero-order valence-electron chi connectivity index (χ0n) is 19.1. The highest BCUT2D eigenvalue weighted by Gasteiger charge is 2.36. The molecule has 0 rings (SSSR count). The van der Waals surface area contributed by atoms with Crippen LogP contribution in [0.1, 0.15) is 85.5 Å². The van der Waals surface area contributed by atoms with Crippen molar-refractivity contribution in [1.29, 1.82) is 0 Å². The number of aliphatic carboxylic acids is 1. The van der Waals surface area contributed by atoms with E-state index in [1.807, 2.05) is 0 Å². The maximum atomic E-state index is 10.6. The zero-order chi connectivity index (χ0) is 23.3. The summed E-state index contributed by atoms with van der Waals surface area (Å²) < 4.78 is 0. The van der Waals surface area contributed by atoms with Crippen molar-refractivity contribution in [1.82, 2.24) is 0 Å². The minimum Gasteiger partial charge on any atom is -0.479 e. The number of aliphatic hydroxyl groups excluding tert-OH is 5. The van der Waals surface area contributed by atoms with E-state index in [-0.39, 0.29) is 6.42 Å². The molecule has 0 spiro atoms. The van der Waals surface area contributed by atoms with Crippen LogP contribution >= 0.6 is 0 Å². The van der Waals surface area contributed by atoms with E-state index < -0.39 is 36.5 Å². The van der Waals surface area contributed by atoms with Gasteiger partial charge in [-0.3, -0.25) is 0 Å². The quantitative estimate of drug-likeness (QED) is 0.153. The van der Waals surface area contributed by atoms with Crippen molar-refractivity contribution < 1.29 is 35.4 Å². The Morgan fingerprint density at radius 2 is 1.40 bits per heavy atom. The number of unbranched alkanes of at least 4 members (excludes halogenated alkanes) is 1. The molecule has 0 aromatic heterocycles. The van der Waals surface area contributed by atoms with Gasteiger partial charge in [-0.15, -0.1) is 0 Å². The highest BCUT2D eigenvalue weighted by atomic mass is 16.4. The SMILES string of the molecule is CC(=CCCCC(O)[C@H](O)[C@@H](O)[C@H](O)[C@H](O)C(=O)O)CCCC(C)CCCC(C)C. The van der Waals surface area contributed by atoms with E-state index in [9.17, 15) is 30.3 Å². The standard InChI is InChI=1S/C23H44O7/c1-15(2)9-7-11-17(4)13-8-12-16(3)10-5-6-14-18(24)19(25)20(26)21(27)22(28)23(29)30/h10,15,17-22,24-28H,5-9,11-14H2,1-4H3,(H,29,30)/t17?,18?,19-,20+,21-,22-/m0/s1. The molecule has 0 amide bonds. The van der Waals surface area contributed by atoms with Gasteiger partial charge in [0.25, 0.3) is 0 Å². The average Bonchev–Trinajstić information content (AvgIpc) is 2.68. The molecule has 30 heavy (non-hydrogen) atoms. The number of aliphatic hydroxyl groups is 5. The van der Waals surface area contributed by atoms with Gasteiger partial charge < -0.3 is 30.6 Å². The molecule has 7 nitrogen and oxygen atoms in total. The highest BCUT2D eigenvalue weighted by molar-refractivity contribution is 5.72. The molecule has 0 aliphatic heterocycles. The largest absolute Gasteiger partial charge is 0.479 e. The van der Waals surface area contributed by atoms with Crippen LogP contribution in [0.2, 0.25) is 0 Å². The van der Waals surface area contributed by atoms with E-state index >= 15 is 0 Å². The predicted molar refractivity (Wildman–Crippen MR) is 117 cm³/mol. The topological polar surface area (TPSA) is 138 Å². The van der Waals surface area contributed by atoms with Crippen LogP contribution in [0, 0.1) is 11.8 Å². The summed E-state index contributed by atoms with van der Waals surface area (Å²) in [5.41, 5.74) is 1.29. The highest BCUT2D eigenvalue weighted by Crippen LogP contribution is 2.20. The van der Waals surface area contributed by atoms with Gasteiger partial charge in [-0.2, -0.15) is 0 Å². The van der Waals surface area contributed by atoms with Gasteiger partial charge in [-0.25, -0.2) is 4.79 Å². The lowest BCUT2D eigenvalue weighted by Crippen LogP contribution is -2.51. The molecule has 0 radical (unpaired) electrons. The van der Waals surface area contributed by atoms with Crippen molar-refractivity contribution in [3.05, 3.63) is 11.6 Å². The van der Waals surface area contributed by atoms with Crippen molar-refractivity contribution in [3.8, 4) is 0 Å². The molecule has 0 bridgehead atoms. The van der Waals surface area contributed by atoms with Gasteiger partial charge in [0, 0.05) is 0 Å². The summed E-state index contributed by atoms with van der Waals surface area (Å²) in [6.45, 7) is 8.91. The van der Waals surface area contributed by atoms with Gasteiger partial charge >= 0.3 is 5.97 Å². The van der Waals surface area contributed by atoms with Gasteiger partial charge in [0.05, 0.1) is 6.10 Å². The second-order valence-electron chi connectivity index (χ2n) is 9.13. The van der Waals surface area contributed by atoms with Crippen LogP contribution in [0.5, 0.6) is 0 Å². The fourth-order valence-electron chi connectivity index (χ4n) is 3.46. The molecular weight excluding hydrogens is 388 g/mol. The minimum atomic E-state index is -2.23. The fraction of sp³-hybridized carbons (Fsp3) is 0.870. The molecule has 0 heterocycles. The third-order valence-electron chi connectivity index (χ3n) is 5.61. The smallest absolute Gasteiger partial charge is 0.335 e. The van der Waals surface area contributed by atoms with Crippen molar-refractivity contribution in [2.75, 3.05) is 0 Å². The number of hydrogen-bond donors (Lipinski definition) is 6. The van der Waals surface area contributed by atoms with Crippen LogP contribution in [0.3, 0.4) is 0 Å². The lowest BCUT2D eigenvalue weighted by Gasteiger charge is -2.27. The second kappa shape index (κ2) is 15.8. The molecule has 6 N–H and O–H groups in total. The predicted octanol–water partition coefficient (Wildman–Crippen LogP) is 2.62. The first-order valence-corrected chi connectivity index (χ1v) is 11.3.